The minimum atomic E-state index is -0.292. The molecule has 0 amide bonds. The summed E-state index contributed by atoms with van der Waals surface area (Å²) in [4.78, 5) is 0. The fourth-order valence-electron chi connectivity index (χ4n) is 2.49. The van der Waals surface area contributed by atoms with Gasteiger partial charge in [0, 0.05) is 5.56 Å². The van der Waals surface area contributed by atoms with Gasteiger partial charge in [-0.3, -0.25) is 0 Å². The molecule has 2 N–H and O–H groups in total. The summed E-state index contributed by atoms with van der Waals surface area (Å²) in [6, 6.07) is 11.6. The Hall–Kier alpha value is -1.71. The van der Waals surface area contributed by atoms with Crippen LogP contribution in [0.15, 0.2) is 36.4 Å². The molecular weight excluding hydrogens is 286 g/mol. The van der Waals surface area contributed by atoms with E-state index in [-0.39, 0.29) is 6.04 Å². The fourth-order valence-corrected chi connectivity index (χ4v) is 2.82. The second kappa shape index (κ2) is 6.83. The molecule has 2 rings (SSSR count). The third-order valence-electron chi connectivity index (χ3n) is 3.62. The van der Waals surface area contributed by atoms with Gasteiger partial charge >= 0.3 is 0 Å². The first-order valence-corrected chi connectivity index (χ1v) is 7.25. The van der Waals surface area contributed by atoms with E-state index in [1.54, 1.807) is 14.2 Å². The Morgan fingerprint density at radius 3 is 2.38 bits per heavy atom. The van der Waals surface area contributed by atoms with Crippen molar-refractivity contribution in [1.82, 2.24) is 0 Å². The molecule has 0 bridgehead atoms. The average Bonchev–Trinajstić information content (AvgIpc) is 2.53. The van der Waals surface area contributed by atoms with E-state index in [4.69, 9.17) is 26.8 Å². The normalized spacial score (nSPS) is 12.0. The lowest BCUT2D eigenvalue weighted by Crippen LogP contribution is -2.15. The van der Waals surface area contributed by atoms with Crippen LogP contribution < -0.4 is 15.2 Å². The highest BCUT2D eigenvalue weighted by Gasteiger charge is 2.20. The molecule has 4 heteroatoms. The lowest BCUT2D eigenvalue weighted by atomic mass is 9.93. The van der Waals surface area contributed by atoms with Crippen molar-refractivity contribution >= 4 is 11.6 Å². The zero-order valence-electron chi connectivity index (χ0n) is 12.5. The molecule has 0 aliphatic rings. The van der Waals surface area contributed by atoms with Gasteiger partial charge < -0.3 is 15.2 Å². The van der Waals surface area contributed by atoms with E-state index in [0.717, 1.165) is 17.5 Å². The third kappa shape index (κ3) is 2.99. The maximum Gasteiger partial charge on any atom is 0.146 e. The standard InChI is InChI=1S/C17H20ClNO2/c1-4-11-7-5-6-8-12(11)16(19)13-9-10-14(20-2)15(18)17(13)21-3/h5-10,16H,4,19H2,1-3H3. The summed E-state index contributed by atoms with van der Waals surface area (Å²) in [6.07, 6.45) is 0.927. The molecular formula is C17H20ClNO2. The van der Waals surface area contributed by atoms with E-state index >= 15 is 0 Å². The summed E-state index contributed by atoms with van der Waals surface area (Å²) in [5, 5.41) is 0.446. The number of nitrogens with two attached hydrogens (primary N) is 1. The van der Waals surface area contributed by atoms with Crippen LogP contribution in [0, 0.1) is 0 Å². The second-order valence-electron chi connectivity index (χ2n) is 4.73. The maximum atomic E-state index is 6.45. The average molecular weight is 306 g/mol. The lowest BCUT2D eigenvalue weighted by Gasteiger charge is -2.20. The molecule has 2 aromatic carbocycles. The predicted octanol–water partition coefficient (Wildman–Crippen LogP) is 3.97. The van der Waals surface area contributed by atoms with Crippen LogP contribution >= 0.6 is 11.6 Å². The van der Waals surface area contributed by atoms with Crippen molar-refractivity contribution in [3.05, 3.63) is 58.1 Å². The molecule has 0 saturated heterocycles. The summed E-state index contributed by atoms with van der Waals surface area (Å²) in [7, 11) is 3.16. The molecule has 1 unspecified atom stereocenters. The fraction of sp³-hybridized carbons (Fsp3) is 0.294. The third-order valence-corrected chi connectivity index (χ3v) is 3.98. The number of benzene rings is 2. The van der Waals surface area contributed by atoms with Crippen molar-refractivity contribution in [2.45, 2.75) is 19.4 Å². The van der Waals surface area contributed by atoms with Crippen LogP contribution in [0.4, 0.5) is 0 Å². The molecule has 0 aliphatic heterocycles. The highest BCUT2D eigenvalue weighted by molar-refractivity contribution is 6.33. The maximum absolute atomic E-state index is 6.45. The lowest BCUT2D eigenvalue weighted by molar-refractivity contribution is 0.390. The van der Waals surface area contributed by atoms with Gasteiger partial charge in [0.05, 0.1) is 20.3 Å². The molecule has 0 aliphatic carbocycles. The molecule has 0 fully saturated rings. The van der Waals surface area contributed by atoms with Crippen molar-refractivity contribution in [3.63, 3.8) is 0 Å². The SMILES string of the molecule is CCc1ccccc1C(N)c1ccc(OC)c(Cl)c1OC. The second-order valence-corrected chi connectivity index (χ2v) is 5.11. The van der Waals surface area contributed by atoms with Gasteiger partial charge in [-0.15, -0.1) is 0 Å². The van der Waals surface area contributed by atoms with E-state index in [1.165, 1.54) is 5.56 Å². The smallest absolute Gasteiger partial charge is 0.146 e. The molecule has 0 aromatic heterocycles. The van der Waals surface area contributed by atoms with Crippen LogP contribution in [0.3, 0.4) is 0 Å². The summed E-state index contributed by atoms with van der Waals surface area (Å²) in [5.74, 6) is 1.14. The first kappa shape index (κ1) is 15.7. The zero-order chi connectivity index (χ0) is 15.4. The van der Waals surface area contributed by atoms with Crippen LogP contribution in [0.25, 0.3) is 0 Å². The molecule has 0 radical (unpaired) electrons. The Labute approximate surface area is 130 Å². The van der Waals surface area contributed by atoms with Crippen LogP contribution in [0.1, 0.15) is 29.7 Å². The Balaban J connectivity index is 2.53. The monoisotopic (exact) mass is 305 g/mol. The van der Waals surface area contributed by atoms with Gasteiger partial charge in [-0.05, 0) is 29.7 Å². The first-order valence-electron chi connectivity index (χ1n) is 6.87. The number of halogens is 1. The number of aryl methyl sites for hydroxylation is 1. The van der Waals surface area contributed by atoms with Crippen molar-refractivity contribution in [1.29, 1.82) is 0 Å². The summed E-state index contributed by atoms with van der Waals surface area (Å²) >= 11 is 6.31. The minimum absolute atomic E-state index is 0.292. The van der Waals surface area contributed by atoms with E-state index in [9.17, 15) is 0 Å². The molecule has 3 nitrogen and oxygen atoms in total. The molecule has 0 heterocycles. The van der Waals surface area contributed by atoms with Crippen LogP contribution in [-0.2, 0) is 6.42 Å². The van der Waals surface area contributed by atoms with Crippen molar-refractivity contribution < 1.29 is 9.47 Å². The van der Waals surface area contributed by atoms with Crippen LogP contribution in [0.5, 0.6) is 11.5 Å². The van der Waals surface area contributed by atoms with Crippen LogP contribution in [0.2, 0.25) is 5.02 Å². The number of hydrogen-bond donors (Lipinski definition) is 1. The van der Waals surface area contributed by atoms with E-state index in [0.29, 0.717) is 16.5 Å². The Morgan fingerprint density at radius 2 is 1.76 bits per heavy atom. The molecule has 21 heavy (non-hydrogen) atoms. The van der Waals surface area contributed by atoms with Gasteiger partial charge in [0.15, 0.2) is 0 Å². The molecule has 1 atom stereocenters. The molecule has 0 spiro atoms. The van der Waals surface area contributed by atoms with E-state index in [1.807, 2.05) is 30.3 Å². The topological polar surface area (TPSA) is 44.5 Å². The number of hydrogen-bond acceptors (Lipinski definition) is 3. The number of methoxy groups -OCH3 is 2. The molecule has 112 valence electrons. The van der Waals surface area contributed by atoms with Gasteiger partial charge in [-0.1, -0.05) is 42.8 Å². The highest BCUT2D eigenvalue weighted by atomic mass is 35.5. The summed E-state index contributed by atoms with van der Waals surface area (Å²) in [5.41, 5.74) is 9.61. The quantitative estimate of drug-likeness (QED) is 0.909. The minimum Gasteiger partial charge on any atom is -0.495 e. The van der Waals surface area contributed by atoms with E-state index < -0.39 is 0 Å². The number of rotatable bonds is 5. The molecule has 2 aromatic rings. The van der Waals surface area contributed by atoms with Crippen molar-refractivity contribution in [2.75, 3.05) is 14.2 Å². The summed E-state index contributed by atoms with van der Waals surface area (Å²) < 4.78 is 10.7. The highest BCUT2D eigenvalue weighted by Crippen LogP contribution is 2.40. The van der Waals surface area contributed by atoms with Crippen LogP contribution in [-0.4, -0.2) is 14.2 Å². The van der Waals surface area contributed by atoms with Crippen molar-refractivity contribution in [3.8, 4) is 11.5 Å². The van der Waals surface area contributed by atoms with Gasteiger partial charge in [0.25, 0.3) is 0 Å². The zero-order valence-corrected chi connectivity index (χ0v) is 13.3. The number of ether oxygens (including phenoxy) is 2. The predicted molar refractivity (Wildman–Crippen MR) is 86.4 cm³/mol. The largest absolute Gasteiger partial charge is 0.495 e. The van der Waals surface area contributed by atoms with Crippen molar-refractivity contribution in [2.24, 2.45) is 5.73 Å². The van der Waals surface area contributed by atoms with Gasteiger partial charge in [0.1, 0.15) is 16.5 Å². The first-order chi connectivity index (χ1) is 10.1. The van der Waals surface area contributed by atoms with E-state index in [2.05, 4.69) is 13.0 Å². The Bertz CT molecular complexity index is 628. The Kier molecular flexibility index (Phi) is 5.10. The summed E-state index contributed by atoms with van der Waals surface area (Å²) in [6.45, 7) is 2.11. The van der Waals surface area contributed by atoms with Gasteiger partial charge in [0.2, 0.25) is 0 Å². The van der Waals surface area contributed by atoms with Gasteiger partial charge in [-0.25, -0.2) is 0 Å². The Morgan fingerprint density at radius 1 is 1.05 bits per heavy atom. The van der Waals surface area contributed by atoms with Gasteiger partial charge in [-0.2, -0.15) is 0 Å². The molecule has 0 saturated carbocycles.